The molecule has 1 rings (SSSR count). The van der Waals surface area contributed by atoms with Crippen molar-refractivity contribution in [2.45, 2.75) is 92.9 Å². The average molecular weight is 347 g/mol. The number of benzene rings is 1. The summed E-state index contributed by atoms with van der Waals surface area (Å²) in [6.45, 7) is 23.2. The lowest BCUT2D eigenvalue weighted by atomic mass is 9.68. The van der Waals surface area contributed by atoms with Crippen LogP contribution in [0.5, 0.6) is 5.75 Å². The van der Waals surface area contributed by atoms with Gasteiger partial charge in [-0.2, -0.15) is 0 Å². The molecule has 0 heterocycles. The summed E-state index contributed by atoms with van der Waals surface area (Å²) >= 11 is 0. The maximum absolute atomic E-state index is 11.0. The SMILES string of the molecule is CC(C)(C)CC(C)(C)c1ccc(OC=O)c(C(C)(C)CC(C)(C)C)c1. The van der Waals surface area contributed by atoms with E-state index >= 15 is 0 Å². The number of ether oxygens (including phenoxy) is 1. The zero-order valence-corrected chi connectivity index (χ0v) is 18.0. The second kappa shape index (κ2) is 7.13. The topological polar surface area (TPSA) is 26.3 Å². The molecule has 0 amide bonds. The summed E-state index contributed by atoms with van der Waals surface area (Å²) in [5.41, 5.74) is 2.85. The summed E-state index contributed by atoms with van der Waals surface area (Å²) < 4.78 is 5.33. The van der Waals surface area contributed by atoms with Gasteiger partial charge in [0.25, 0.3) is 6.47 Å². The van der Waals surface area contributed by atoms with Crippen LogP contribution in [0.25, 0.3) is 0 Å². The average Bonchev–Trinajstić information content (AvgIpc) is 2.33. The van der Waals surface area contributed by atoms with Gasteiger partial charge in [-0.3, -0.25) is 4.79 Å². The lowest BCUT2D eigenvalue weighted by Gasteiger charge is -2.37. The van der Waals surface area contributed by atoms with E-state index in [1.54, 1.807) is 0 Å². The van der Waals surface area contributed by atoms with Gasteiger partial charge in [0, 0.05) is 5.56 Å². The lowest BCUT2D eigenvalue weighted by molar-refractivity contribution is -0.120. The van der Waals surface area contributed by atoms with Crippen LogP contribution < -0.4 is 4.74 Å². The summed E-state index contributed by atoms with van der Waals surface area (Å²) in [7, 11) is 0. The molecule has 0 aliphatic carbocycles. The molecule has 0 saturated heterocycles. The predicted molar refractivity (Wildman–Crippen MR) is 107 cm³/mol. The summed E-state index contributed by atoms with van der Waals surface area (Å²) in [6, 6.07) is 6.34. The molecule has 0 aliphatic heterocycles. The molecule has 1 aromatic carbocycles. The third-order valence-electron chi connectivity index (χ3n) is 4.61. The highest BCUT2D eigenvalue weighted by Crippen LogP contribution is 2.43. The van der Waals surface area contributed by atoms with E-state index in [9.17, 15) is 4.79 Å². The van der Waals surface area contributed by atoms with Gasteiger partial charge in [-0.05, 0) is 46.1 Å². The van der Waals surface area contributed by atoms with Gasteiger partial charge in [0.15, 0.2) is 0 Å². The number of carbonyl (C=O) groups excluding carboxylic acids is 1. The smallest absolute Gasteiger partial charge is 0.298 e. The van der Waals surface area contributed by atoms with Crippen LogP contribution in [-0.2, 0) is 15.6 Å². The van der Waals surface area contributed by atoms with Crippen LogP contribution in [0.1, 0.15) is 93.2 Å². The molecule has 2 heteroatoms. The number of rotatable bonds is 6. The first-order valence-electron chi connectivity index (χ1n) is 9.33. The molecule has 0 radical (unpaired) electrons. The third kappa shape index (κ3) is 6.49. The summed E-state index contributed by atoms with van der Waals surface area (Å²) in [5, 5.41) is 0. The molecule has 0 bridgehead atoms. The number of carbonyl (C=O) groups is 1. The van der Waals surface area contributed by atoms with Crippen molar-refractivity contribution in [3.63, 3.8) is 0 Å². The van der Waals surface area contributed by atoms with Crippen molar-refractivity contribution in [2.75, 3.05) is 0 Å². The fraction of sp³-hybridized carbons (Fsp3) is 0.696. The van der Waals surface area contributed by atoms with Gasteiger partial charge in [0.1, 0.15) is 5.75 Å². The van der Waals surface area contributed by atoms with Gasteiger partial charge in [-0.15, -0.1) is 0 Å². The first-order valence-corrected chi connectivity index (χ1v) is 9.33. The molecule has 142 valence electrons. The lowest BCUT2D eigenvalue weighted by Crippen LogP contribution is -2.28. The fourth-order valence-corrected chi connectivity index (χ4v) is 4.48. The first-order chi connectivity index (χ1) is 11.1. The van der Waals surface area contributed by atoms with Crippen molar-refractivity contribution in [3.8, 4) is 5.75 Å². The van der Waals surface area contributed by atoms with Crippen molar-refractivity contribution in [2.24, 2.45) is 10.8 Å². The van der Waals surface area contributed by atoms with E-state index in [1.807, 2.05) is 6.07 Å². The van der Waals surface area contributed by atoms with E-state index in [0.29, 0.717) is 12.2 Å². The highest BCUT2D eigenvalue weighted by atomic mass is 16.5. The van der Waals surface area contributed by atoms with E-state index in [4.69, 9.17) is 4.74 Å². The minimum absolute atomic E-state index is 0.0600. The molecule has 0 N–H and O–H groups in total. The monoisotopic (exact) mass is 346 g/mol. The molecule has 0 unspecified atom stereocenters. The molecule has 25 heavy (non-hydrogen) atoms. The summed E-state index contributed by atoms with van der Waals surface area (Å²) in [5.74, 6) is 0.680. The Labute approximate surface area is 155 Å². The second-order valence-corrected chi connectivity index (χ2v) is 11.2. The Hall–Kier alpha value is -1.31. The Bertz CT molecular complexity index is 595. The molecule has 1 aromatic rings. The van der Waals surface area contributed by atoms with Crippen LogP contribution in [0.4, 0.5) is 0 Å². The van der Waals surface area contributed by atoms with E-state index < -0.39 is 0 Å². The third-order valence-corrected chi connectivity index (χ3v) is 4.61. The van der Waals surface area contributed by atoms with E-state index in [1.165, 1.54) is 5.56 Å². The zero-order chi connectivity index (χ0) is 19.7. The molecule has 0 spiro atoms. The largest absolute Gasteiger partial charge is 0.428 e. The minimum atomic E-state index is -0.0790. The predicted octanol–water partition coefficient (Wildman–Crippen LogP) is 6.65. The van der Waals surface area contributed by atoms with Gasteiger partial charge >= 0.3 is 0 Å². The quantitative estimate of drug-likeness (QED) is 0.539. The molecule has 2 nitrogen and oxygen atoms in total. The first kappa shape index (κ1) is 21.7. The van der Waals surface area contributed by atoms with Crippen molar-refractivity contribution < 1.29 is 9.53 Å². The van der Waals surface area contributed by atoms with Crippen LogP contribution >= 0.6 is 0 Å². The number of hydrogen-bond acceptors (Lipinski definition) is 2. The summed E-state index contributed by atoms with van der Waals surface area (Å²) in [4.78, 5) is 11.0. The van der Waals surface area contributed by atoms with Crippen molar-refractivity contribution in [1.82, 2.24) is 0 Å². The Kier molecular flexibility index (Phi) is 6.20. The Morgan fingerprint density at radius 1 is 0.800 bits per heavy atom. The van der Waals surface area contributed by atoms with Crippen molar-refractivity contribution >= 4 is 6.47 Å². The molecular formula is C23H38O2. The van der Waals surface area contributed by atoms with E-state index in [2.05, 4.69) is 81.4 Å². The Balaban J connectivity index is 3.42. The Morgan fingerprint density at radius 2 is 1.28 bits per heavy atom. The second-order valence-electron chi connectivity index (χ2n) is 11.2. The zero-order valence-electron chi connectivity index (χ0n) is 18.0. The molecule has 0 fully saturated rings. The van der Waals surface area contributed by atoms with Gasteiger partial charge in [0.2, 0.25) is 0 Å². The highest BCUT2D eigenvalue weighted by Gasteiger charge is 2.33. The van der Waals surface area contributed by atoms with E-state index in [-0.39, 0.29) is 21.7 Å². The van der Waals surface area contributed by atoms with Gasteiger partial charge in [-0.25, -0.2) is 0 Å². The Morgan fingerprint density at radius 3 is 1.72 bits per heavy atom. The van der Waals surface area contributed by atoms with E-state index in [0.717, 1.165) is 18.4 Å². The molecule has 0 aromatic heterocycles. The molecule has 0 aliphatic rings. The van der Waals surface area contributed by atoms with Crippen molar-refractivity contribution in [1.29, 1.82) is 0 Å². The molecule has 0 saturated carbocycles. The van der Waals surface area contributed by atoms with Crippen LogP contribution in [0.3, 0.4) is 0 Å². The van der Waals surface area contributed by atoms with Crippen molar-refractivity contribution in [3.05, 3.63) is 29.3 Å². The normalized spacial score (nSPS) is 13.7. The van der Waals surface area contributed by atoms with Crippen LogP contribution in [0.15, 0.2) is 18.2 Å². The van der Waals surface area contributed by atoms with Crippen LogP contribution in [0, 0.1) is 10.8 Å². The van der Waals surface area contributed by atoms with Crippen LogP contribution in [0.2, 0.25) is 0 Å². The van der Waals surface area contributed by atoms with Crippen LogP contribution in [-0.4, -0.2) is 6.47 Å². The maximum atomic E-state index is 11.0. The summed E-state index contributed by atoms with van der Waals surface area (Å²) in [6.07, 6.45) is 2.10. The minimum Gasteiger partial charge on any atom is -0.428 e. The maximum Gasteiger partial charge on any atom is 0.298 e. The standard InChI is InChI=1S/C23H38O2/c1-20(2,3)14-22(7,8)17-11-12-19(25-16-24)18(13-17)23(9,10)15-21(4,5)6/h11-13,16H,14-15H2,1-10H3. The fourth-order valence-electron chi connectivity index (χ4n) is 4.48. The van der Waals surface area contributed by atoms with Gasteiger partial charge in [0.05, 0.1) is 0 Å². The molecule has 0 atom stereocenters. The van der Waals surface area contributed by atoms with Gasteiger partial charge in [-0.1, -0.05) is 81.4 Å². The molecular weight excluding hydrogens is 308 g/mol. The van der Waals surface area contributed by atoms with Gasteiger partial charge < -0.3 is 4.74 Å². The highest BCUT2D eigenvalue weighted by molar-refractivity contribution is 5.51. The number of hydrogen-bond donors (Lipinski definition) is 0.